The molecule has 126 valence electrons. The summed E-state index contributed by atoms with van der Waals surface area (Å²) in [6.07, 6.45) is 4.57. The Balaban J connectivity index is 2.89. The highest BCUT2D eigenvalue weighted by Crippen LogP contribution is 2.20. The monoisotopic (exact) mass is 320 g/mol. The SMILES string of the molecule is CCCCOc1ccc(/C=C/C(=O)OC(C)(C)C)c(C(=O)O)c1. The van der Waals surface area contributed by atoms with Gasteiger partial charge in [0.05, 0.1) is 12.2 Å². The highest BCUT2D eigenvalue weighted by molar-refractivity contribution is 5.95. The zero-order valence-corrected chi connectivity index (χ0v) is 14.1. The van der Waals surface area contributed by atoms with Crippen LogP contribution in [0.3, 0.4) is 0 Å². The molecule has 5 heteroatoms. The van der Waals surface area contributed by atoms with E-state index in [0.717, 1.165) is 12.8 Å². The van der Waals surface area contributed by atoms with E-state index in [0.29, 0.717) is 17.9 Å². The maximum absolute atomic E-state index is 11.7. The van der Waals surface area contributed by atoms with Gasteiger partial charge in [0.25, 0.3) is 0 Å². The summed E-state index contributed by atoms with van der Waals surface area (Å²) < 4.78 is 10.7. The van der Waals surface area contributed by atoms with Gasteiger partial charge in [-0.1, -0.05) is 19.4 Å². The van der Waals surface area contributed by atoms with E-state index in [2.05, 4.69) is 6.92 Å². The van der Waals surface area contributed by atoms with E-state index >= 15 is 0 Å². The number of rotatable bonds is 7. The molecule has 0 bridgehead atoms. The summed E-state index contributed by atoms with van der Waals surface area (Å²) in [5, 5.41) is 9.31. The number of carboxylic acids is 1. The van der Waals surface area contributed by atoms with Crippen LogP contribution in [-0.2, 0) is 9.53 Å². The van der Waals surface area contributed by atoms with Crippen LogP contribution in [0.1, 0.15) is 56.5 Å². The maximum atomic E-state index is 11.7. The molecule has 0 aliphatic rings. The predicted octanol–water partition coefficient (Wildman–Crippen LogP) is 3.92. The van der Waals surface area contributed by atoms with Gasteiger partial charge in [-0.05, 0) is 51.0 Å². The zero-order valence-electron chi connectivity index (χ0n) is 14.1. The first-order valence-corrected chi connectivity index (χ1v) is 7.64. The van der Waals surface area contributed by atoms with Gasteiger partial charge in [-0.3, -0.25) is 0 Å². The second-order valence-electron chi connectivity index (χ2n) is 6.12. The zero-order chi connectivity index (χ0) is 17.5. The van der Waals surface area contributed by atoms with Gasteiger partial charge in [0, 0.05) is 6.08 Å². The fraction of sp³-hybridized carbons (Fsp3) is 0.444. The van der Waals surface area contributed by atoms with Crippen LogP contribution in [-0.4, -0.2) is 29.3 Å². The van der Waals surface area contributed by atoms with E-state index in [1.807, 2.05) is 0 Å². The van der Waals surface area contributed by atoms with Crippen molar-refractivity contribution in [3.8, 4) is 5.75 Å². The standard InChI is InChI=1S/C18H24O5/c1-5-6-11-22-14-9-7-13(15(12-14)17(20)21)8-10-16(19)23-18(2,3)4/h7-10,12H,5-6,11H2,1-4H3,(H,20,21)/b10-8+. The van der Waals surface area contributed by atoms with E-state index in [1.165, 1.54) is 18.2 Å². The molecule has 5 nitrogen and oxygen atoms in total. The molecule has 0 aromatic heterocycles. The van der Waals surface area contributed by atoms with Gasteiger partial charge in [-0.25, -0.2) is 9.59 Å². The highest BCUT2D eigenvalue weighted by Gasteiger charge is 2.15. The first-order chi connectivity index (χ1) is 10.7. The normalized spacial score (nSPS) is 11.5. The minimum absolute atomic E-state index is 0.0822. The van der Waals surface area contributed by atoms with Gasteiger partial charge >= 0.3 is 11.9 Å². The lowest BCUT2D eigenvalue weighted by Crippen LogP contribution is -2.22. The number of ether oxygens (including phenoxy) is 2. The molecule has 0 spiro atoms. The van der Waals surface area contributed by atoms with Crippen LogP contribution >= 0.6 is 0 Å². The number of hydrogen-bond acceptors (Lipinski definition) is 4. The van der Waals surface area contributed by atoms with Crippen molar-refractivity contribution in [3.63, 3.8) is 0 Å². The van der Waals surface area contributed by atoms with Crippen molar-refractivity contribution in [1.29, 1.82) is 0 Å². The van der Waals surface area contributed by atoms with Crippen molar-refractivity contribution in [3.05, 3.63) is 35.4 Å². The van der Waals surface area contributed by atoms with E-state index in [4.69, 9.17) is 9.47 Å². The first kappa shape index (κ1) is 18.7. The largest absolute Gasteiger partial charge is 0.494 e. The molecule has 1 rings (SSSR count). The van der Waals surface area contributed by atoms with Gasteiger partial charge < -0.3 is 14.6 Å². The Morgan fingerprint density at radius 1 is 1.26 bits per heavy atom. The van der Waals surface area contributed by atoms with Crippen molar-refractivity contribution >= 4 is 18.0 Å². The second kappa shape index (κ2) is 8.36. The van der Waals surface area contributed by atoms with Crippen LogP contribution in [0.4, 0.5) is 0 Å². The average molecular weight is 320 g/mol. The summed E-state index contributed by atoms with van der Waals surface area (Å²) >= 11 is 0. The molecule has 1 aromatic carbocycles. The Kier molecular flexibility index (Phi) is 6.82. The Morgan fingerprint density at radius 3 is 2.52 bits per heavy atom. The molecule has 1 N–H and O–H groups in total. The Morgan fingerprint density at radius 2 is 1.96 bits per heavy atom. The van der Waals surface area contributed by atoms with Gasteiger partial charge in [0.1, 0.15) is 11.4 Å². The minimum atomic E-state index is -1.07. The third-order valence-corrected chi connectivity index (χ3v) is 2.83. The third-order valence-electron chi connectivity index (χ3n) is 2.83. The van der Waals surface area contributed by atoms with Crippen molar-refractivity contribution in [2.45, 2.75) is 46.1 Å². The molecule has 0 heterocycles. The third kappa shape index (κ3) is 7.00. The molecule has 23 heavy (non-hydrogen) atoms. The Labute approximate surface area is 136 Å². The molecule has 0 fully saturated rings. The summed E-state index contributed by atoms with van der Waals surface area (Å²) in [6.45, 7) is 7.90. The summed E-state index contributed by atoms with van der Waals surface area (Å²) in [5.74, 6) is -1.09. The lowest BCUT2D eigenvalue weighted by Gasteiger charge is -2.17. The van der Waals surface area contributed by atoms with Gasteiger partial charge in [-0.15, -0.1) is 0 Å². The molecular weight excluding hydrogens is 296 g/mol. The number of esters is 1. The van der Waals surface area contributed by atoms with Gasteiger partial charge in [-0.2, -0.15) is 0 Å². The van der Waals surface area contributed by atoms with Crippen molar-refractivity contribution < 1.29 is 24.2 Å². The number of carboxylic acid groups (broad SMARTS) is 1. The maximum Gasteiger partial charge on any atom is 0.336 e. The number of carbonyl (C=O) groups is 2. The summed E-state index contributed by atoms with van der Waals surface area (Å²) in [5.41, 5.74) is -0.0846. The molecule has 0 radical (unpaired) electrons. The van der Waals surface area contributed by atoms with E-state index in [9.17, 15) is 14.7 Å². The summed E-state index contributed by atoms with van der Waals surface area (Å²) in [7, 11) is 0. The number of aromatic carboxylic acids is 1. The highest BCUT2D eigenvalue weighted by atomic mass is 16.6. The summed E-state index contributed by atoms with van der Waals surface area (Å²) in [6, 6.07) is 4.77. The Hall–Kier alpha value is -2.30. The van der Waals surface area contributed by atoms with E-state index in [1.54, 1.807) is 32.9 Å². The van der Waals surface area contributed by atoms with E-state index in [-0.39, 0.29) is 5.56 Å². The van der Waals surface area contributed by atoms with Crippen LogP contribution < -0.4 is 4.74 Å². The van der Waals surface area contributed by atoms with Crippen LogP contribution in [0, 0.1) is 0 Å². The number of carbonyl (C=O) groups excluding carboxylic acids is 1. The fourth-order valence-electron chi connectivity index (χ4n) is 1.78. The molecule has 1 aromatic rings. The lowest BCUT2D eigenvalue weighted by atomic mass is 10.1. The van der Waals surface area contributed by atoms with Gasteiger partial charge in [0.2, 0.25) is 0 Å². The molecule has 0 aliphatic heterocycles. The Bertz CT molecular complexity index is 582. The number of hydrogen-bond donors (Lipinski definition) is 1. The molecule has 0 saturated heterocycles. The quantitative estimate of drug-likeness (QED) is 0.468. The lowest BCUT2D eigenvalue weighted by molar-refractivity contribution is -0.148. The van der Waals surface area contributed by atoms with Crippen molar-refractivity contribution in [2.24, 2.45) is 0 Å². The van der Waals surface area contributed by atoms with Gasteiger partial charge in [0.15, 0.2) is 0 Å². The molecule has 0 atom stereocenters. The topological polar surface area (TPSA) is 72.8 Å². The smallest absolute Gasteiger partial charge is 0.336 e. The minimum Gasteiger partial charge on any atom is -0.494 e. The van der Waals surface area contributed by atoms with Crippen LogP contribution in [0.25, 0.3) is 6.08 Å². The molecule has 0 aliphatic carbocycles. The fourth-order valence-corrected chi connectivity index (χ4v) is 1.78. The first-order valence-electron chi connectivity index (χ1n) is 7.64. The van der Waals surface area contributed by atoms with Crippen LogP contribution in [0.15, 0.2) is 24.3 Å². The predicted molar refractivity (Wildman–Crippen MR) is 88.7 cm³/mol. The van der Waals surface area contributed by atoms with Crippen LogP contribution in [0.2, 0.25) is 0 Å². The van der Waals surface area contributed by atoms with Crippen molar-refractivity contribution in [2.75, 3.05) is 6.61 Å². The molecule has 0 amide bonds. The molecular formula is C18H24O5. The van der Waals surface area contributed by atoms with Crippen molar-refractivity contribution in [1.82, 2.24) is 0 Å². The molecule has 0 unspecified atom stereocenters. The summed E-state index contributed by atoms with van der Waals surface area (Å²) in [4.78, 5) is 23.0. The van der Waals surface area contributed by atoms with E-state index < -0.39 is 17.5 Å². The molecule has 0 saturated carbocycles. The number of benzene rings is 1. The average Bonchev–Trinajstić information content (AvgIpc) is 2.44. The van der Waals surface area contributed by atoms with Crippen LogP contribution in [0.5, 0.6) is 5.75 Å². The number of unbranched alkanes of at least 4 members (excludes halogenated alkanes) is 1. The second-order valence-corrected chi connectivity index (χ2v) is 6.12.